The van der Waals surface area contributed by atoms with Crippen LogP contribution in [0.15, 0.2) is 42.5 Å². The van der Waals surface area contributed by atoms with Gasteiger partial charge in [-0.05, 0) is 42.0 Å². The number of rotatable bonds is 3. The van der Waals surface area contributed by atoms with E-state index in [4.69, 9.17) is 22.1 Å². The van der Waals surface area contributed by atoms with Crippen molar-refractivity contribution in [3.05, 3.63) is 58.9 Å². The Morgan fingerprint density at radius 2 is 2.00 bits per heavy atom. The molecule has 0 aliphatic carbocycles. The maximum Gasteiger partial charge on any atom is 0.125 e. The van der Waals surface area contributed by atoms with Gasteiger partial charge in [0, 0.05) is 10.7 Å². The van der Waals surface area contributed by atoms with Gasteiger partial charge < -0.3 is 10.5 Å². The van der Waals surface area contributed by atoms with Crippen LogP contribution >= 0.6 is 11.6 Å². The van der Waals surface area contributed by atoms with E-state index in [9.17, 15) is 4.39 Å². The average molecular weight is 252 g/mol. The van der Waals surface area contributed by atoms with Gasteiger partial charge in [-0.1, -0.05) is 17.7 Å². The molecule has 2 N–H and O–H groups in total. The molecule has 17 heavy (non-hydrogen) atoms. The van der Waals surface area contributed by atoms with Gasteiger partial charge in [-0.25, -0.2) is 4.39 Å². The van der Waals surface area contributed by atoms with E-state index in [1.807, 2.05) is 0 Å². The highest BCUT2D eigenvalue weighted by atomic mass is 35.5. The Kier molecular flexibility index (Phi) is 3.49. The number of nitrogens with two attached hydrogens (primary N) is 1. The number of nitrogen functional groups attached to an aromatic ring is 1. The van der Waals surface area contributed by atoms with Gasteiger partial charge >= 0.3 is 0 Å². The van der Waals surface area contributed by atoms with Gasteiger partial charge in [0.2, 0.25) is 0 Å². The molecule has 0 fully saturated rings. The molecule has 0 aliphatic heterocycles. The lowest BCUT2D eigenvalue weighted by molar-refractivity contribution is 0.305. The number of halogens is 2. The molecular formula is C13H11ClFNO. The molecule has 0 aromatic heterocycles. The molecule has 2 aromatic rings. The first-order chi connectivity index (χ1) is 8.13. The van der Waals surface area contributed by atoms with Crippen LogP contribution in [0.2, 0.25) is 5.02 Å². The molecule has 0 radical (unpaired) electrons. The maximum absolute atomic E-state index is 13.1. The molecule has 0 unspecified atom stereocenters. The summed E-state index contributed by atoms with van der Waals surface area (Å²) < 4.78 is 18.5. The molecule has 88 valence electrons. The van der Waals surface area contributed by atoms with Crippen molar-refractivity contribution in [2.24, 2.45) is 0 Å². The van der Waals surface area contributed by atoms with Crippen molar-refractivity contribution < 1.29 is 9.13 Å². The molecule has 0 bridgehead atoms. The molecule has 0 aliphatic rings. The zero-order chi connectivity index (χ0) is 12.3. The average Bonchev–Trinajstić information content (AvgIpc) is 2.25. The molecule has 2 rings (SSSR count). The van der Waals surface area contributed by atoms with Crippen LogP contribution in [0, 0.1) is 5.82 Å². The second-order valence-corrected chi connectivity index (χ2v) is 4.08. The van der Waals surface area contributed by atoms with Crippen molar-refractivity contribution in [2.75, 3.05) is 5.73 Å². The summed E-state index contributed by atoms with van der Waals surface area (Å²) in [5.41, 5.74) is 6.60. The topological polar surface area (TPSA) is 35.2 Å². The van der Waals surface area contributed by atoms with Gasteiger partial charge in [0.1, 0.15) is 18.2 Å². The second kappa shape index (κ2) is 5.06. The molecular weight excluding hydrogens is 241 g/mol. The minimum absolute atomic E-state index is 0.252. The molecule has 0 atom stereocenters. The van der Waals surface area contributed by atoms with Crippen molar-refractivity contribution in [2.45, 2.75) is 6.61 Å². The van der Waals surface area contributed by atoms with Crippen molar-refractivity contribution in [3.8, 4) is 5.75 Å². The van der Waals surface area contributed by atoms with Gasteiger partial charge in [-0.3, -0.25) is 0 Å². The third kappa shape index (κ3) is 3.36. The summed E-state index contributed by atoms with van der Waals surface area (Å²) in [4.78, 5) is 0. The van der Waals surface area contributed by atoms with Crippen LogP contribution in [-0.4, -0.2) is 0 Å². The third-order valence-electron chi connectivity index (χ3n) is 2.18. The highest BCUT2D eigenvalue weighted by Gasteiger charge is 2.00. The summed E-state index contributed by atoms with van der Waals surface area (Å²) in [6.45, 7) is 0.252. The number of benzene rings is 2. The highest BCUT2D eigenvalue weighted by molar-refractivity contribution is 6.30. The van der Waals surface area contributed by atoms with E-state index < -0.39 is 0 Å². The van der Waals surface area contributed by atoms with E-state index in [2.05, 4.69) is 0 Å². The summed E-state index contributed by atoms with van der Waals surface area (Å²) in [7, 11) is 0. The molecule has 0 saturated heterocycles. The largest absolute Gasteiger partial charge is 0.489 e. The Morgan fingerprint density at radius 1 is 1.18 bits per heavy atom. The second-order valence-electron chi connectivity index (χ2n) is 3.64. The summed E-state index contributed by atoms with van der Waals surface area (Å²) in [6, 6.07) is 11.4. The van der Waals surface area contributed by atoms with Crippen molar-refractivity contribution in [1.82, 2.24) is 0 Å². The van der Waals surface area contributed by atoms with Gasteiger partial charge in [0.05, 0.1) is 0 Å². The fraction of sp³-hybridized carbons (Fsp3) is 0.0769. The molecule has 0 saturated carbocycles. The van der Waals surface area contributed by atoms with E-state index in [0.717, 1.165) is 0 Å². The number of ether oxygens (including phenoxy) is 1. The Balaban J connectivity index is 2.07. The predicted octanol–water partition coefficient (Wildman–Crippen LogP) is 3.64. The summed E-state index contributed by atoms with van der Waals surface area (Å²) in [6.07, 6.45) is 0. The Labute approximate surface area is 104 Å². The quantitative estimate of drug-likeness (QED) is 0.846. The predicted molar refractivity (Wildman–Crippen MR) is 66.6 cm³/mol. The fourth-order valence-corrected chi connectivity index (χ4v) is 1.66. The molecule has 0 heterocycles. The molecule has 4 heteroatoms. The van der Waals surface area contributed by atoms with Crippen LogP contribution in [0.5, 0.6) is 5.75 Å². The van der Waals surface area contributed by atoms with Crippen molar-refractivity contribution >= 4 is 17.3 Å². The van der Waals surface area contributed by atoms with Crippen LogP contribution in [0.3, 0.4) is 0 Å². The molecule has 2 nitrogen and oxygen atoms in total. The summed E-state index contributed by atoms with van der Waals surface area (Å²) in [5.74, 6) is 0.273. The summed E-state index contributed by atoms with van der Waals surface area (Å²) >= 11 is 5.82. The number of anilines is 1. The van der Waals surface area contributed by atoms with Crippen LogP contribution in [0.4, 0.5) is 10.1 Å². The lowest BCUT2D eigenvalue weighted by Crippen LogP contribution is -1.97. The van der Waals surface area contributed by atoms with Crippen LogP contribution < -0.4 is 10.5 Å². The zero-order valence-electron chi connectivity index (χ0n) is 8.99. The minimum atomic E-state index is -0.366. The Bertz CT molecular complexity index is 510. The van der Waals surface area contributed by atoms with E-state index >= 15 is 0 Å². The van der Waals surface area contributed by atoms with Gasteiger partial charge in [-0.15, -0.1) is 0 Å². The maximum atomic E-state index is 13.1. The smallest absolute Gasteiger partial charge is 0.125 e. The zero-order valence-corrected chi connectivity index (χ0v) is 9.75. The van der Waals surface area contributed by atoms with E-state index in [1.54, 1.807) is 30.3 Å². The lowest BCUT2D eigenvalue weighted by atomic mass is 10.2. The number of hydrogen-bond acceptors (Lipinski definition) is 2. The van der Waals surface area contributed by atoms with Crippen LogP contribution in [0.25, 0.3) is 0 Å². The molecule has 0 spiro atoms. The first kappa shape index (κ1) is 11.7. The fourth-order valence-electron chi connectivity index (χ4n) is 1.48. The monoisotopic (exact) mass is 251 g/mol. The van der Waals surface area contributed by atoms with Crippen molar-refractivity contribution in [3.63, 3.8) is 0 Å². The first-order valence-corrected chi connectivity index (χ1v) is 5.44. The Morgan fingerprint density at radius 3 is 2.71 bits per heavy atom. The lowest BCUT2D eigenvalue weighted by Gasteiger charge is -2.07. The highest BCUT2D eigenvalue weighted by Crippen LogP contribution is 2.19. The summed E-state index contributed by atoms with van der Waals surface area (Å²) in [5, 5.41) is 0.598. The molecule has 2 aromatic carbocycles. The minimum Gasteiger partial charge on any atom is -0.489 e. The standard InChI is InChI=1S/C13H11ClFNO/c14-10-2-1-3-13(6-10)17-8-9-4-11(15)7-12(16)5-9/h1-7H,8,16H2. The van der Waals surface area contributed by atoms with Gasteiger partial charge in [-0.2, -0.15) is 0 Å². The first-order valence-electron chi connectivity index (χ1n) is 5.07. The number of hydrogen-bond donors (Lipinski definition) is 1. The normalized spacial score (nSPS) is 10.2. The third-order valence-corrected chi connectivity index (χ3v) is 2.42. The van der Waals surface area contributed by atoms with E-state index in [1.165, 1.54) is 12.1 Å². The SMILES string of the molecule is Nc1cc(F)cc(COc2cccc(Cl)c2)c1. The van der Waals surface area contributed by atoms with E-state index in [0.29, 0.717) is 22.0 Å². The van der Waals surface area contributed by atoms with Gasteiger partial charge in [0.25, 0.3) is 0 Å². The van der Waals surface area contributed by atoms with Gasteiger partial charge in [0.15, 0.2) is 0 Å². The van der Waals surface area contributed by atoms with E-state index in [-0.39, 0.29) is 12.4 Å². The molecule has 0 amide bonds. The van der Waals surface area contributed by atoms with Crippen LogP contribution in [0.1, 0.15) is 5.56 Å². The Hall–Kier alpha value is -1.74. The van der Waals surface area contributed by atoms with Crippen LogP contribution in [-0.2, 0) is 6.61 Å². The van der Waals surface area contributed by atoms with Crippen molar-refractivity contribution in [1.29, 1.82) is 0 Å².